The summed E-state index contributed by atoms with van der Waals surface area (Å²) in [7, 11) is 0. The molecule has 0 spiro atoms. The van der Waals surface area contributed by atoms with Crippen LogP contribution in [0.5, 0.6) is 0 Å². The summed E-state index contributed by atoms with van der Waals surface area (Å²) in [6.45, 7) is 0. The van der Waals surface area contributed by atoms with E-state index in [0.717, 1.165) is 5.56 Å². The Hall–Kier alpha value is -1.60. The molecule has 1 unspecified atom stereocenters. The molecule has 1 atom stereocenters. The monoisotopic (exact) mass is 224 g/mol. The lowest BCUT2D eigenvalue weighted by molar-refractivity contribution is 0.154. The van der Waals surface area contributed by atoms with E-state index in [1.165, 1.54) is 24.0 Å². The normalized spacial score (nSPS) is 16.8. The summed E-state index contributed by atoms with van der Waals surface area (Å²) in [6.07, 6.45) is 2.07. The van der Waals surface area contributed by atoms with E-state index >= 15 is 0 Å². The predicted octanol–water partition coefficient (Wildman–Crippen LogP) is 3.80. The highest BCUT2D eigenvalue weighted by Crippen LogP contribution is 2.41. The van der Waals surface area contributed by atoms with E-state index < -0.39 is 0 Å². The van der Waals surface area contributed by atoms with E-state index in [-0.39, 0.29) is 6.10 Å². The van der Waals surface area contributed by atoms with Gasteiger partial charge in [-0.15, -0.1) is 0 Å². The largest absolute Gasteiger partial charge is 0.388 e. The van der Waals surface area contributed by atoms with Crippen LogP contribution in [0.2, 0.25) is 0 Å². The average Bonchev–Trinajstić information content (AvgIpc) is 3.24. The van der Waals surface area contributed by atoms with Gasteiger partial charge in [-0.2, -0.15) is 0 Å². The minimum Gasteiger partial charge on any atom is -0.388 e. The molecule has 1 nitrogen and oxygen atoms in total. The Morgan fingerprint density at radius 2 is 1.41 bits per heavy atom. The molecule has 2 aromatic rings. The summed E-state index contributed by atoms with van der Waals surface area (Å²) in [6, 6.07) is 18.6. The van der Waals surface area contributed by atoms with Crippen molar-refractivity contribution in [2.45, 2.75) is 18.9 Å². The van der Waals surface area contributed by atoms with Crippen LogP contribution in [-0.4, -0.2) is 5.11 Å². The molecule has 0 saturated heterocycles. The first-order valence-corrected chi connectivity index (χ1v) is 6.18. The zero-order chi connectivity index (χ0) is 11.7. The second-order valence-electron chi connectivity index (χ2n) is 4.77. The Morgan fingerprint density at radius 1 is 0.824 bits per heavy atom. The van der Waals surface area contributed by atoms with Gasteiger partial charge in [0.05, 0.1) is 6.10 Å². The Balaban J connectivity index is 1.85. The first-order valence-electron chi connectivity index (χ1n) is 6.18. The molecule has 0 bridgehead atoms. The minimum absolute atomic E-state index is 0.264. The topological polar surface area (TPSA) is 20.2 Å². The van der Waals surface area contributed by atoms with E-state index in [2.05, 4.69) is 24.3 Å². The standard InChI is InChI=1S/C16H16O/c17-16(15-10-11-15)14-8-6-13(7-9-14)12-4-2-1-3-5-12/h1-9,15-17H,10-11H2. The molecule has 3 rings (SSSR count). The molecule has 1 aliphatic carbocycles. The lowest BCUT2D eigenvalue weighted by atomic mass is 10.0. The highest BCUT2D eigenvalue weighted by molar-refractivity contribution is 5.63. The number of hydrogen-bond donors (Lipinski definition) is 1. The second-order valence-corrected chi connectivity index (χ2v) is 4.77. The van der Waals surface area contributed by atoms with Crippen molar-refractivity contribution in [1.29, 1.82) is 0 Å². The van der Waals surface area contributed by atoms with Crippen LogP contribution in [0.15, 0.2) is 54.6 Å². The molecule has 17 heavy (non-hydrogen) atoms. The molecule has 1 heteroatoms. The predicted molar refractivity (Wildman–Crippen MR) is 69.6 cm³/mol. The van der Waals surface area contributed by atoms with Crippen LogP contribution in [0.3, 0.4) is 0 Å². The van der Waals surface area contributed by atoms with Crippen LogP contribution in [0, 0.1) is 5.92 Å². The molecule has 2 aromatic carbocycles. The number of hydrogen-bond acceptors (Lipinski definition) is 1. The number of rotatable bonds is 3. The van der Waals surface area contributed by atoms with Crippen molar-refractivity contribution >= 4 is 0 Å². The summed E-state index contributed by atoms with van der Waals surface area (Å²) in [5, 5.41) is 10.0. The van der Waals surface area contributed by atoms with Gasteiger partial charge in [0.1, 0.15) is 0 Å². The molecule has 1 fully saturated rings. The van der Waals surface area contributed by atoms with Gasteiger partial charge in [-0.3, -0.25) is 0 Å². The number of benzene rings is 2. The maximum absolute atomic E-state index is 10.0. The van der Waals surface area contributed by atoms with Crippen molar-refractivity contribution in [3.8, 4) is 11.1 Å². The molecule has 0 amide bonds. The lowest BCUT2D eigenvalue weighted by Crippen LogP contribution is -1.98. The van der Waals surface area contributed by atoms with Crippen molar-refractivity contribution in [2.24, 2.45) is 5.92 Å². The van der Waals surface area contributed by atoms with Crippen molar-refractivity contribution in [3.05, 3.63) is 60.2 Å². The molecule has 1 saturated carbocycles. The van der Waals surface area contributed by atoms with E-state index in [1.807, 2.05) is 30.3 Å². The van der Waals surface area contributed by atoms with Crippen LogP contribution in [0.4, 0.5) is 0 Å². The maximum Gasteiger partial charge on any atom is 0.0818 e. The van der Waals surface area contributed by atoms with E-state index in [4.69, 9.17) is 0 Å². The molecule has 1 N–H and O–H groups in total. The van der Waals surface area contributed by atoms with Crippen LogP contribution >= 0.6 is 0 Å². The molecular weight excluding hydrogens is 208 g/mol. The van der Waals surface area contributed by atoms with Crippen molar-refractivity contribution in [3.63, 3.8) is 0 Å². The second kappa shape index (κ2) is 4.34. The van der Waals surface area contributed by atoms with Crippen LogP contribution < -0.4 is 0 Å². The zero-order valence-electron chi connectivity index (χ0n) is 9.71. The van der Waals surface area contributed by atoms with Gasteiger partial charge in [-0.25, -0.2) is 0 Å². The van der Waals surface area contributed by atoms with E-state index in [1.54, 1.807) is 0 Å². The maximum atomic E-state index is 10.0. The lowest BCUT2D eigenvalue weighted by Gasteiger charge is -2.10. The quantitative estimate of drug-likeness (QED) is 0.840. The zero-order valence-corrected chi connectivity index (χ0v) is 9.71. The van der Waals surface area contributed by atoms with Gasteiger partial charge >= 0.3 is 0 Å². The molecule has 1 aliphatic rings. The van der Waals surface area contributed by atoms with Crippen molar-refractivity contribution in [2.75, 3.05) is 0 Å². The molecular formula is C16H16O. The third-order valence-corrected chi connectivity index (χ3v) is 3.43. The average molecular weight is 224 g/mol. The van der Waals surface area contributed by atoms with Crippen molar-refractivity contribution < 1.29 is 5.11 Å². The third-order valence-electron chi connectivity index (χ3n) is 3.43. The molecule has 86 valence electrons. The number of aliphatic hydroxyl groups excluding tert-OH is 1. The fourth-order valence-electron chi connectivity index (χ4n) is 2.19. The van der Waals surface area contributed by atoms with Gasteiger partial charge in [-0.05, 0) is 35.4 Å². The van der Waals surface area contributed by atoms with Gasteiger partial charge in [0.2, 0.25) is 0 Å². The Kier molecular flexibility index (Phi) is 2.69. The molecule has 0 aromatic heterocycles. The van der Waals surface area contributed by atoms with Gasteiger partial charge < -0.3 is 5.11 Å². The van der Waals surface area contributed by atoms with Crippen LogP contribution in [0.25, 0.3) is 11.1 Å². The van der Waals surface area contributed by atoms with E-state index in [9.17, 15) is 5.11 Å². The summed E-state index contributed by atoms with van der Waals surface area (Å²) < 4.78 is 0. The SMILES string of the molecule is OC(c1ccc(-c2ccccc2)cc1)C1CC1. The number of aliphatic hydroxyl groups is 1. The molecule has 0 heterocycles. The summed E-state index contributed by atoms with van der Waals surface area (Å²) >= 11 is 0. The smallest absolute Gasteiger partial charge is 0.0818 e. The Bertz CT molecular complexity index is 483. The minimum atomic E-state index is -0.264. The highest BCUT2D eigenvalue weighted by Gasteiger charge is 2.30. The van der Waals surface area contributed by atoms with E-state index in [0.29, 0.717) is 5.92 Å². The molecule has 0 aliphatic heterocycles. The summed E-state index contributed by atoms with van der Waals surface area (Å²) in [4.78, 5) is 0. The van der Waals surface area contributed by atoms with Gasteiger partial charge in [0.15, 0.2) is 0 Å². The third kappa shape index (κ3) is 2.25. The van der Waals surface area contributed by atoms with Crippen molar-refractivity contribution in [1.82, 2.24) is 0 Å². The van der Waals surface area contributed by atoms with Crippen LogP contribution in [0.1, 0.15) is 24.5 Å². The first-order chi connectivity index (χ1) is 8.34. The Labute approximate surface area is 102 Å². The Morgan fingerprint density at radius 3 is 2.00 bits per heavy atom. The van der Waals surface area contributed by atoms with Gasteiger partial charge in [0, 0.05) is 0 Å². The highest BCUT2D eigenvalue weighted by atomic mass is 16.3. The fraction of sp³-hybridized carbons (Fsp3) is 0.250. The first kappa shape index (κ1) is 10.5. The fourth-order valence-corrected chi connectivity index (χ4v) is 2.19. The summed E-state index contributed by atoms with van der Waals surface area (Å²) in [5.41, 5.74) is 3.48. The molecule has 0 radical (unpaired) electrons. The van der Waals surface area contributed by atoms with Crippen LogP contribution in [-0.2, 0) is 0 Å². The van der Waals surface area contributed by atoms with Gasteiger partial charge in [0.25, 0.3) is 0 Å². The summed E-state index contributed by atoms with van der Waals surface area (Å²) in [5.74, 6) is 0.498. The van der Waals surface area contributed by atoms with Gasteiger partial charge in [-0.1, -0.05) is 54.6 Å².